The number of halogens is 1. The molecule has 1 fully saturated rings. The third-order valence-corrected chi connectivity index (χ3v) is 3.51. The van der Waals surface area contributed by atoms with E-state index < -0.39 is 5.97 Å². The van der Waals surface area contributed by atoms with Crippen molar-refractivity contribution in [2.24, 2.45) is 5.92 Å². The largest absolute Gasteiger partial charge is 0.481 e. The van der Waals surface area contributed by atoms with Gasteiger partial charge in [0.15, 0.2) is 0 Å². The number of hydrogen-bond donors (Lipinski definition) is 1. The van der Waals surface area contributed by atoms with Crippen LogP contribution < -0.4 is 0 Å². The fraction of sp³-hybridized carbons (Fsp3) is 0.500. The number of hydrogen-bond acceptors (Lipinski definition) is 2. The van der Waals surface area contributed by atoms with Crippen LogP contribution in [0, 0.1) is 12.8 Å². The zero-order valence-electron chi connectivity index (χ0n) is 10.6. The van der Waals surface area contributed by atoms with Gasteiger partial charge in [0.05, 0.1) is 5.92 Å². The van der Waals surface area contributed by atoms with Gasteiger partial charge in [0.25, 0.3) is 0 Å². The summed E-state index contributed by atoms with van der Waals surface area (Å²) in [7, 11) is 0. The van der Waals surface area contributed by atoms with Crippen LogP contribution in [0.2, 0.25) is 0 Å². The second-order valence-corrected chi connectivity index (χ2v) is 4.84. The molecule has 0 aliphatic carbocycles. The first-order valence-electron chi connectivity index (χ1n) is 6.16. The Morgan fingerprint density at radius 2 is 2.17 bits per heavy atom. The molecule has 0 aromatic heterocycles. The van der Waals surface area contributed by atoms with Crippen molar-refractivity contribution in [3.05, 3.63) is 35.4 Å². The molecule has 1 aromatic rings. The smallest absolute Gasteiger partial charge is 0.307 e. The molecular formula is C14H20ClNO2. The molecule has 1 saturated heterocycles. The Kier molecular flexibility index (Phi) is 5.63. The van der Waals surface area contributed by atoms with Crippen LogP contribution in [0.3, 0.4) is 0 Å². The number of likely N-dealkylation sites (tertiary alicyclic amines) is 1. The minimum absolute atomic E-state index is 0. The SMILES string of the molecule is Cc1ccccc1CN1CCCC(C(=O)O)C1.Cl. The molecule has 2 rings (SSSR count). The van der Waals surface area contributed by atoms with E-state index in [0.717, 1.165) is 25.9 Å². The summed E-state index contributed by atoms with van der Waals surface area (Å²) >= 11 is 0. The van der Waals surface area contributed by atoms with Crippen molar-refractivity contribution in [2.45, 2.75) is 26.3 Å². The van der Waals surface area contributed by atoms with Crippen LogP contribution in [0.15, 0.2) is 24.3 Å². The van der Waals surface area contributed by atoms with Gasteiger partial charge in [0.1, 0.15) is 0 Å². The summed E-state index contributed by atoms with van der Waals surface area (Å²) in [6, 6.07) is 8.31. The maximum Gasteiger partial charge on any atom is 0.307 e. The summed E-state index contributed by atoms with van der Waals surface area (Å²) in [5.74, 6) is -0.841. The number of benzene rings is 1. The van der Waals surface area contributed by atoms with E-state index in [2.05, 4.69) is 24.0 Å². The van der Waals surface area contributed by atoms with Crippen LogP contribution in [-0.4, -0.2) is 29.1 Å². The zero-order valence-corrected chi connectivity index (χ0v) is 11.4. The van der Waals surface area contributed by atoms with E-state index in [1.165, 1.54) is 11.1 Å². The van der Waals surface area contributed by atoms with Crippen molar-refractivity contribution in [1.29, 1.82) is 0 Å². The lowest BCUT2D eigenvalue weighted by molar-refractivity contribution is -0.143. The van der Waals surface area contributed by atoms with E-state index in [4.69, 9.17) is 5.11 Å². The maximum absolute atomic E-state index is 11.0. The lowest BCUT2D eigenvalue weighted by Gasteiger charge is -2.30. The molecule has 1 aromatic carbocycles. The van der Waals surface area contributed by atoms with Crippen LogP contribution in [-0.2, 0) is 11.3 Å². The third-order valence-electron chi connectivity index (χ3n) is 3.51. The van der Waals surface area contributed by atoms with Gasteiger partial charge < -0.3 is 5.11 Å². The van der Waals surface area contributed by atoms with Crippen molar-refractivity contribution in [3.8, 4) is 0 Å². The van der Waals surface area contributed by atoms with E-state index in [1.807, 2.05) is 12.1 Å². The molecule has 1 heterocycles. The zero-order chi connectivity index (χ0) is 12.3. The highest BCUT2D eigenvalue weighted by Gasteiger charge is 2.25. The molecule has 3 nitrogen and oxygen atoms in total. The van der Waals surface area contributed by atoms with Crippen LogP contribution in [0.4, 0.5) is 0 Å². The number of aliphatic carboxylic acids is 1. The van der Waals surface area contributed by atoms with Crippen LogP contribution in [0.1, 0.15) is 24.0 Å². The molecule has 4 heteroatoms. The summed E-state index contributed by atoms with van der Waals surface area (Å²) < 4.78 is 0. The molecule has 0 bridgehead atoms. The second kappa shape index (κ2) is 6.76. The number of rotatable bonds is 3. The first-order valence-corrected chi connectivity index (χ1v) is 6.16. The summed E-state index contributed by atoms with van der Waals surface area (Å²) in [6.45, 7) is 4.67. The standard InChI is InChI=1S/C14H19NO2.ClH/c1-11-5-2-3-6-12(11)9-15-8-4-7-13(10-15)14(16)17;/h2-3,5-6,13H,4,7-10H2,1H3,(H,16,17);1H. The van der Waals surface area contributed by atoms with Gasteiger partial charge in [-0.2, -0.15) is 0 Å². The van der Waals surface area contributed by atoms with E-state index in [9.17, 15) is 4.79 Å². The molecule has 0 spiro atoms. The minimum Gasteiger partial charge on any atom is -0.481 e. The quantitative estimate of drug-likeness (QED) is 0.917. The van der Waals surface area contributed by atoms with Gasteiger partial charge in [-0.05, 0) is 37.4 Å². The minimum atomic E-state index is -0.653. The maximum atomic E-state index is 11.0. The van der Waals surface area contributed by atoms with E-state index in [0.29, 0.717) is 6.54 Å². The molecule has 1 aliphatic heterocycles. The second-order valence-electron chi connectivity index (χ2n) is 4.84. The normalized spacial score (nSPS) is 20.2. The molecule has 1 atom stereocenters. The molecule has 1 aliphatic rings. The van der Waals surface area contributed by atoms with E-state index in [1.54, 1.807) is 0 Å². The van der Waals surface area contributed by atoms with Crippen LogP contribution in [0.25, 0.3) is 0 Å². The Bertz CT molecular complexity index is 409. The first kappa shape index (κ1) is 15.0. The van der Waals surface area contributed by atoms with Gasteiger partial charge in [-0.25, -0.2) is 0 Å². The lowest BCUT2D eigenvalue weighted by atomic mass is 9.97. The van der Waals surface area contributed by atoms with Gasteiger partial charge >= 0.3 is 5.97 Å². The average Bonchev–Trinajstić information content (AvgIpc) is 2.32. The number of carboxylic acids is 1. The van der Waals surface area contributed by atoms with E-state index in [-0.39, 0.29) is 18.3 Å². The van der Waals surface area contributed by atoms with Crippen molar-refractivity contribution < 1.29 is 9.90 Å². The topological polar surface area (TPSA) is 40.5 Å². The highest BCUT2D eigenvalue weighted by atomic mass is 35.5. The van der Waals surface area contributed by atoms with Gasteiger partial charge in [-0.15, -0.1) is 12.4 Å². The summed E-state index contributed by atoms with van der Waals surface area (Å²) in [6.07, 6.45) is 1.81. The molecule has 1 N–H and O–H groups in total. The van der Waals surface area contributed by atoms with Crippen molar-refractivity contribution >= 4 is 18.4 Å². The number of piperidine rings is 1. The number of nitrogens with zero attached hydrogens (tertiary/aromatic N) is 1. The molecule has 100 valence electrons. The Balaban J connectivity index is 0.00000162. The summed E-state index contributed by atoms with van der Waals surface area (Å²) in [5, 5.41) is 9.05. The predicted molar refractivity (Wildman–Crippen MR) is 74.1 cm³/mol. The third kappa shape index (κ3) is 3.72. The molecule has 0 saturated carbocycles. The van der Waals surface area contributed by atoms with E-state index >= 15 is 0 Å². The van der Waals surface area contributed by atoms with Crippen LogP contribution >= 0.6 is 12.4 Å². The van der Waals surface area contributed by atoms with Crippen LogP contribution in [0.5, 0.6) is 0 Å². The molecule has 0 amide bonds. The number of aryl methyl sites for hydroxylation is 1. The first-order chi connectivity index (χ1) is 8.16. The number of carbonyl (C=O) groups is 1. The molecular weight excluding hydrogens is 250 g/mol. The highest BCUT2D eigenvalue weighted by molar-refractivity contribution is 5.85. The van der Waals surface area contributed by atoms with Gasteiger partial charge in [0.2, 0.25) is 0 Å². The summed E-state index contributed by atoms with van der Waals surface area (Å²) in [5.41, 5.74) is 2.59. The Hall–Kier alpha value is -1.06. The Morgan fingerprint density at radius 1 is 1.44 bits per heavy atom. The summed E-state index contributed by atoms with van der Waals surface area (Å²) in [4.78, 5) is 13.2. The fourth-order valence-corrected chi connectivity index (χ4v) is 2.43. The van der Waals surface area contributed by atoms with Gasteiger partial charge in [-0.1, -0.05) is 24.3 Å². The van der Waals surface area contributed by atoms with Crippen molar-refractivity contribution in [2.75, 3.05) is 13.1 Å². The van der Waals surface area contributed by atoms with Gasteiger partial charge in [0, 0.05) is 13.1 Å². The van der Waals surface area contributed by atoms with Crippen molar-refractivity contribution in [3.63, 3.8) is 0 Å². The predicted octanol–water partition coefficient (Wildman–Crippen LogP) is 2.71. The Morgan fingerprint density at radius 3 is 2.83 bits per heavy atom. The van der Waals surface area contributed by atoms with Crippen molar-refractivity contribution in [1.82, 2.24) is 4.90 Å². The molecule has 0 radical (unpaired) electrons. The van der Waals surface area contributed by atoms with Gasteiger partial charge in [-0.3, -0.25) is 9.69 Å². The monoisotopic (exact) mass is 269 g/mol. The highest BCUT2D eigenvalue weighted by Crippen LogP contribution is 2.19. The Labute approximate surface area is 114 Å². The molecule has 18 heavy (non-hydrogen) atoms. The molecule has 1 unspecified atom stereocenters. The average molecular weight is 270 g/mol. The lowest BCUT2D eigenvalue weighted by Crippen LogP contribution is -2.38. The number of carboxylic acid groups (broad SMARTS) is 1. The fourth-order valence-electron chi connectivity index (χ4n) is 2.43.